The number of nitrogens with one attached hydrogen (secondary N) is 1. The molecule has 8 nitrogen and oxygen atoms in total. The standard InChI is InChI=1S/C22H17ClN4O4S/c1-27(16-10-6-3-7-11-16)32(29,30)17-12-13-19(23)18(14-17)20(28)24-22-26-25-21(31-22)15-8-4-2-5-9-15/h2-14H,1H3,(H,24,26,28). The minimum atomic E-state index is -3.93. The van der Waals surface area contributed by atoms with Crippen molar-refractivity contribution in [3.05, 3.63) is 89.4 Å². The third kappa shape index (κ3) is 4.34. The van der Waals surface area contributed by atoms with E-state index in [2.05, 4.69) is 15.5 Å². The van der Waals surface area contributed by atoms with Crippen molar-refractivity contribution in [3.63, 3.8) is 0 Å². The van der Waals surface area contributed by atoms with Crippen LogP contribution in [0.25, 0.3) is 11.5 Å². The van der Waals surface area contributed by atoms with Crippen LogP contribution in [0.15, 0.2) is 88.2 Å². The number of rotatable bonds is 6. The number of halogens is 1. The number of hydrogen-bond acceptors (Lipinski definition) is 6. The van der Waals surface area contributed by atoms with E-state index < -0.39 is 15.9 Å². The van der Waals surface area contributed by atoms with Gasteiger partial charge in [-0.1, -0.05) is 53.1 Å². The van der Waals surface area contributed by atoms with Crippen molar-refractivity contribution in [1.82, 2.24) is 10.2 Å². The normalized spacial score (nSPS) is 11.2. The molecule has 4 rings (SSSR count). The maximum atomic E-state index is 13.0. The molecule has 162 valence electrons. The summed E-state index contributed by atoms with van der Waals surface area (Å²) in [5.41, 5.74) is 1.12. The predicted molar refractivity (Wildman–Crippen MR) is 121 cm³/mol. The molecule has 4 aromatic rings. The number of amides is 1. The Labute approximate surface area is 189 Å². The minimum absolute atomic E-state index is 0.0475. The SMILES string of the molecule is CN(c1ccccc1)S(=O)(=O)c1ccc(Cl)c(C(=O)Nc2nnc(-c3ccccc3)o2)c1. The first-order valence-corrected chi connectivity index (χ1v) is 11.2. The lowest BCUT2D eigenvalue weighted by molar-refractivity contribution is 0.102. The van der Waals surface area contributed by atoms with E-state index in [1.54, 1.807) is 42.5 Å². The van der Waals surface area contributed by atoms with Gasteiger partial charge in [-0.25, -0.2) is 8.42 Å². The highest BCUT2D eigenvalue weighted by Crippen LogP contribution is 2.26. The zero-order valence-electron chi connectivity index (χ0n) is 16.8. The first-order valence-electron chi connectivity index (χ1n) is 9.40. The Bertz CT molecular complexity index is 1360. The van der Waals surface area contributed by atoms with Crippen LogP contribution >= 0.6 is 11.6 Å². The molecule has 0 saturated heterocycles. The summed E-state index contributed by atoms with van der Waals surface area (Å²) in [6, 6.07) is 21.4. The molecule has 1 N–H and O–H groups in total. The fourth-order valence-corrected chi connectivity index (χ4v) is 4.33. The summed E-state index contributed by atoms with van der Waals surface area (Å²) < 4.78 is 32.7. The Morgan fingerprint density at radius 2 is 1.62 bits per heavy atom. The van der Waals surface area contributed by atoms with Gasteiger partial charge in [0, 0.05) is 12.6 Å². The van der Waals surface area contributed by atoms with Crippen molar-refractivity contribution in [2.45, 2.75) is 4.90 Å². The van der Waals surface area contributed by atoms with Gasteiger partial charge in [-0.15, -0.1) is 5.10 Å². The van der Waals surface area contributed by atoms with Gasteiger partial charge in [0.2, 0.25) is 5.89 Å². The lowest BCUT2D eigenvalue weighted by Gasteiger charge is -2.20. The van der Waals surface area contributed by atoms with E-state index in [-0.39, 0.29) is 27.4 Å². The number of carbonyl (C=O) groups excluding carboxylic acids is 1. The second kappa shape index (κ2) is 8.81. The van der Waals surface area contributed by atoms with Crippen LogP contribution in [-0.4, -0.2) is 31.6 Å². The number of hydrogen-bond donors (Lipinski definition) is 1. The van der Waals surface area contributed by atoms with E-state index in [4.69, 9.17) is 16.0 Å². The van der Waals surface area contributed by atoms with Crippen LogP contribution in [-0.2, 0) is 10.0 Å². The highest BCUT2D eigenvalue weighted by atomic mass is 35.5. The van der Waals surface area contributed by atoms with Crippen LogP contribution in [0.2, 0.25) is 5.02 Å². The second-order valence-electron chi connectivity index (χ2n) is 6.68. The lowest BCUT2D eigenvalue weighted by Crippen LogP contribution is -2.27. The van der Waals surface area contributed by atoms with E-state index >= 15 is 0 Å². The Morgan fingerprint density at radius 1 is 0.969 bits per heavy atom. The third-order valence-electron chi connectivity index (χ3n) is 4.63. The average molecular weight is 469 g/mol. The number of nitrogens with zero attached hydrogens (tertiary/aromatic N) is 3. The first-order chi connectivity index (χ1) is 15.4. The maximum Gasteiger partial charge on any atom is 0.322 e. The van der Waals surface area contributed by atoms with Crippen LogP contribution in [0.3, 0.4) is 0 Å². The second-order valence-corrected chi connectivity index (χ2v) is 9.06. The third-order valence-corrected chi connectivity index (χ3v) is 6.74. The Hall–Kier alpha value is -3.69. The summed E-state index contributed by atoms with van der Waals surface area (Å²) in [5, 5.41) is 10.2. The molecular weight excluding hydrogens is 452 g/mol. The monoisotopic (exact) mass is 468 g/mol. The molecule has 0 bridgehead atoms. The van der Waals surface area contributed by atoms with Gasteiger partial charge >= 0.3 is 6.01 Å². The van der Waals surface area contributed by atoms with Crippen LogP contribution < -0.4 is 9.62 Å². The van der Waals surface area contributed by atoms with E-state index in [1.165, 1.54) is 25.2 Å². The molecule has 1 aromatic heterocycles. The van der Waals surface area contributed by atoms with Crippen LogP contribution in [0, 0.1) is 0 Å². The van der Waals surface area contributed by atoms with E-state index in [9.17, 15) is 13.2 Å². The number of para-hydroxylation sites is 1. The topological polar surface area (TPSA) is 105 Å². The first kappa shape index (κ1) is 21.5. The van der Waals surface area contributed by atoms with E-state index in [0.717, 1.165) is 4.31 Å². The van der Waals surface area contributed by atoms with Crippen LogP contribution in [0.1, 0.15) is 10.4 Å². The molecule has 0 fully saturated rings. The van der Waals surface area contributed by atoms with Crippen molar-refractivity contribution >= 4 is 39.2 Å². The Morgan fingerprint density at radius 3 is 2.31 bits per heavy atom. The van der Waals surface area contributed by atoms with Crippen molar-refractivity contribution in [2.75, 3.05) is 16.7 Å². The molecule has 0 atom stereocenters. The van der Waals surface area contributed by atoms with Crippen molar-refractivity contribution < 1.29 is 17.6 Å². The van der Waals surface area contributed by atoms with Gasteiger partial charge in [-0.05, 0) is 42.5 Å². The van der Waals surface area contributed by atoms with E-state index in [1.807, 2.05) is 18.2 Å². The smallest absolute Gasteiger partial charge is 0.322 e. The van der Waals surface area contributed by atoms with Crippen LogP contribution in [0.4, 0.5) is 11.7 Å². The molecule has 1 amide bonds. The summed E-state index contributed by atoms with van der Waals surface area (Å²) in [6.07, 6.45) is 0. The summed E-state index contributed by atoms with van der Waals surface area (Å²) in [7, 11) is -2.49. The molecule has 0 aliphatic carbocycles. The lowest BCUT2D eigenvalue weighted by atomic mass is 10.2. The van der Waals surface area contributed by atoms with Crippen LogP contribution in [0.5, 0.6) is 0 Å². The molecule has 32 heavy (non-hydrogen) atoms. The highest BCUT2D eigenvalue weighted by Gasteiger charge is 2.24. The zero-order chi connectivity index (χ0) is 22.7. The van der Waals surface area contributed by atoms with Gasteiger partial charge in [-0.3, -0.25) is 14.4 Å². The average Bonchev–Trinajstić information content (AvgIpc) is 3.28. The fourth-order valence-electron chi connectivity index (χ4n) is 2.91. The van der Waals surface area contributed by atoms with Gasteiger partial charge in [-0.2, -0.15) is 0 Å². The molecular formula is C22H17ClN4O4S. The molecule has 0 saturated carbocycles. The molecule has 1 heterocycles. The van der Waals surface area contributed by atoms with Gasteiger partial charge < -0.3 is 4.42 Å². The van der Waals surface area contributed by atoms with Crippen molar-refractivity contribution in [1.29, 1.82) is 0 Å². The van der Waals surface area contributed by atoms with Crippen molar-refractivity contribution in [2.24, 2.45) is 0 Å². The van der Waals surface area contributed by atoms with Gasteiger partial charge in [0.15, 0.2) is 0 Å². The van der Waals surface area contributed by atoms with Gasteiger partial charge in [0.05, 0.1) is 21.2 Å². The summed E-state index contributed by atoms with van der Waals surface area (Å²) in [4.78, 5) is 12.7. The fraction of sp³-hybridized carbons (Fsp3) is 0.0455. The highest BCUT2D eigenvalue weighted by molar-refractivity contribution is 7.92. The summed E-state index contributed by atoms with van der Waals surface area (Å²) in [5.74, 6) is -0.453. The van der Waals surface area contributed by atoms with Gasteiger partial charge in [0.1, 0.15) is 0 Å². The number of sulfonamides is 1. The summed E-state index contributed by atoms with van der Waals surface area (Å²) >= 11 is 6.17. The van der Waals surface area contributed by atoms with E-state index in [0.29, 0.717) is 11.3 Å². The number of benzene rings is 3. The molecule has 10 heteroatoms. The molecule has 0 aliphatic heterocycles. The predicted octanol–water partition coefficient (Wildman–Crippen LogP) is 4.47. The van der Waals surface area contributed by atoms with Crippen molar-refractivity contribution in [3.8, 4) is 11.5 Å². The Kier molecular flexibility index (Phi) is 5.93. The number of anilines is 2. The molecule has 0 spiro atoms. The molecule has 0 aliphatic rings. The van der Waals surface area contributed by atoms with Gasteiger partial charge in [0.25, 0.3) is 15.9 Å². The maximum absolute atomic E-state index is 13.0. The zero-order valence-corrected chi connectivity index (χ0v) is 18.3. The quantitative estimate of drug-likeness (QED) is 0.447. The number of aromatic nitrogens is 2. The molecule has 0 radical (unpaired) electrons. The molecule has 0 unspecified atom stereocenters. The molecule has 3 aromatic carbocycles. The summed E-state index contributed by atoms with van der Waals surface area (Å²) in [6.45, 7) is 0. The Balaban J connectivity index is 1.59. The number of carbonyl (C=O) groups is 1. The minimum Gasteiger partial charge on any atom is -0.403 e. The largest absolute Gasteiger partial charge is 0.403 e.